The van der Waals surface area contributed by atoms with Crippen LogP contribution in [0, 0.1) is 6.92 Å². The maximum absolute atomic E-state index is 5.68. The lowest BCUT2D eigenvalue weighted by Crippen LogP contribution is -2.48. The van der Waals surface area contributed by atoms with Crippen LogP contribution in [0.5, 0.6) is 0 Å². The fourth-order valence-electron chi connectivity index (χ4n) is 1.22. The Bertz CT molecular complexity index is 103. The Balaban J connectivity index is 3.97. The van der Waals surface area contributed by atoms with E-state index in [0.29, 0.717) is 13.2 Å². The van der Waals surface area contributed by atoms with Crippen molar-refractivity contribution in [2.24, 2.45) is 5.73 Å². The summed E-state index contributed by atoms with van der Waals surface area (Å²) in [6.07, 6.45) is 2.77. The fraction of sp³-hybridized carbons (Fsp3) is 0.900. The van der Waals surface area contributed by atoms with Crippen molar-refractivity contribution in [3.05, 3.63) is 6.92 Å². The van der Waals surface area contributed by atoms with Crippen LogP contribution in [-0.2, 0) is 4.74 Å². The Morgan fingerprint density at radius 1 is 1.46 bits per heavy atom. The summed E-state index contributed by atoms with van der Waals surface area (Å²) < 4.78 is 5.68. The first-order chi connectivity index (χ1) is 6.24. The van der Waals surface area contributed by atoms with Gasteiger partial charge in [0.15, 0.2) is 0 Å². The lowest BCUT2D eigenvalue weighted by Gasteiger charge is -2.33. The summed E-state index contributed by atoms with van der Waals surface area (Å²) >= 11 is 0. The zero-order chi connectivity index (χ0) is 10.2. The molecule has 3 heteroatoms. The molecule has 1 radical (unpaired) electrons. The Labute approximate surface area is 82.0 Å². The minimum atomic E-state index is -0.255. The summed E-state index contributed by atoms with van der Waals surface area (Å²) in [5.41, 5.74) is 5.15. The molecule has 0 aromatic rings. The molecule has 0 aliphatic rings. The van der Waals surface area contributed by atoms with Gasteiger partial charge in [-0.05, 0) is 32.7 Å². The molecule has 0 rings (SSSR count). The standard InChI is InChI=1S/C10H23N2O/c1-4-8-12-10(5-2,6-3)13-9-7-11/h12H,2,4-9,11H2,1,3H3. The van der Waals surface area contributed by atoms with Crippen molar-refractivity contribution >= 4 is 0 Å². The van der Waals surface area contributed by atoms with E-state index >= 15 is 0 Å². The fourth-order valence-corrected chi connectivity index (χ4v) is 1.22. The molecule has 1 unspecified atom stereocenters. The van der Waals surface area contributed by atoms with Crippen molar-refractivity contribution in [3.8, 4) is 0 Å². The molecule has 0 fully saturated rings. The highest BCUT2D eigenvalue weighted by molar-refractivity contribution is 4.77. The van der Waals surface area contributed by atoms with E-state index in [1.54, 1.807) is 0 Å². The third-order valence-corrected chi connectivity index (χ3v) is 2.17. The molecule has 3 N–H and O–H groups in total. The highest BCUT2D eigenvalue weighted by Crippen LogP contribution is 2.16. The molecule has 0 saturated carbocycles. The van der Waals surface area contributed by atoms with Gasteiger partial charge in [0.2, 0.25) is 0 Å². The predicted octanol–water partition coefficient (Wildman–Crippen LogP) is 1.29. The second kappa shape index (κ2) is 7.30. The van der Waals surface area contributed by atoms with Crippen LogP contribution in [0.1, 0.15) is 33.1 Å². The zero-order valence-corrected chi connectivity index (χ0v) is 8.94. The van der Waals surface area contributed by atoms with Crippen molar-refractivity contribution in [2.75, 3.05) is 19.7 Å². The quantitative estimate of drug-likeness (QED) is 0.563. The van der Waals surface area contributed by atoms with Gasteiger partial charge in [-0.1, -0.05) is 13.8 Å². The number of hydrogen-bond donors (Lipinski definition) is 2. The number of rotatable bonds is 8. The second-order valence-electron chi connectivity index (χ2n) is 3.16. The van der Waals surface area contributed by atoms with Crippen LogP contribution >= 0.6 is 0 Å². The summed E-state index contributed by atoms with van der Waals surface area (Å²) in [5, 5.41) is 3.38. The van der Waals surface area contributed by atoms with Crippen LogP contribution in [0.2, 0.25) is 0 Å². The summed E-state index contributed by atoms with van der Waals surface area (Å²) in [6, 6.07) is 0. The predicted molar refractivity (Wildman–Crippen MR) is 56.3 cm³/mol. The first-order valence-corrected chi connectivity index (χ1v) is 5.13. The topological polar surface area (TPSA) is 47.3 Å². The Morgan fingerprint density at radius 2 is 2.15 bits per heavy atom. The van der Waals surface area contributed by atoms with Gasteiger partial charge in [0.25, 0.3) is 0 Å². The van der Waals surface area contributed by atoms with Crippen LogP contribution in [0.15, 0.2) is 0 Å². The highest BCUT2D eigenvalue weighted by Gasteiger charge is 2.24. The Morgan fingerprint density at radius 3 is 2.54 bits per heavy atom. The van der Waals surface area contributed by atoms with Gasteiger partial charge in [-0.2, -0.15) is 0 Å². The summed E-state index contributed by atoms with van der Waals surface area (Å²) in [6.45, 7) is 10.3. The molecule has 79 valence electrons. The lowest BCUT2D eigenvalue weighted by molar-refractivity contribution is -0.0686. The van der Waals surface area contributed by atoms with Crippen molar-refractivity contribution in [1.82, 2.24) is 5.32 Å². The van der Waals surface area contributed by atoms with Gasteiger partial charge in [0.1, 0.15) is 5.72 Å². The van der Waals surface area contributed by atoms with Crippen LogP contribution in [0.4, 0.5) is 0 Å². The van der Waals surface area contributed by atoms with E-state index in [1.165, 1.54) is 0 Å². The molecule has 0 amide bonds. The molecule has 0 saturated heterocycles. The van der Waals surface area contributed by atoms with Crippen molar-refractivity contribution in [3.63, 3.8) is 0 Å². The van der Waals surface area contributed by atoms with Gasteiger partial charge in [-0.25, -0.2) is 0 Å². The van der Waals surface area contributed by atoms with Gasteiger partial charge in [-0.15, -0.1) is 0 Å². The molecule has 0 bridgehead atoms. The molecule has 0 aromatic heterocycles. The van der Waals surface area contributed by atoms with Gasteiger partial charge < -0.3 is 10.5 Å². The molecule has 0 aliphatic heterocycles. The summed E-state index contributed by atoms with van der Waals surface area (Å²) in [4.78, 5) is 0. The van der Waals surface area contributed by atoms with Crippen molar-refractivity contribution in [2.45, 2.75) is 38.8 Å². The van der Waals surface area contributed by atoms with E-state index in [2.05, 4.69) is 26.1 Å². The van der Waals surface area contributed by atoms with E-state index in [1.807, 2.05) is 0 Å². The highest BCUT2D eigenvalue weighted by atomic mass is 16.5. The van der Waals surface area contributed by atoms with Crippen molar-refractivity contribution in [1.29, 1.82) is 0 Å². The third-order valence-electron chi connectivity index (χ3n) is 2.17. The number of nitrogens with one attached hydrogen (secondary N) is 1. The normalized spacial score (nSPS) is 12.0. The first-order valence-electron chi connectivity index (χ1n) is 5.13. The number of hydrogen-bond acceptors (Lipinski definition) is 3. The Kier molecular flexibility index (Phi) is 7.23. The monoisotopic (exact) mass is 187 g/mol. The molecule has 13 heavy (non-hydrogen) atoms. The molecule has 0 spiro atoms. The Hall–Kier alpha value is -0.120. The molecule has 3 nitrogen and oxygen atoms in total. The second-order valence-corrected chi connectivity index (χ2v) is 3.16. The van der Waals surface area contributed by atoms with Gasteiger partial charge >= 0.3 is 0 Å². The SMILES string of the molecule is [CH2]CC(CC)(NCCC)OCCN. The smallest absolute Gasteiger partial charge is 0.119 e. The van der Waals surface area contributed by atoms with Gasteiger partial charge in [0, 0.05) is 6.54 Å². The average molecular weight is 187 g/mol. The van der Waals surface area contributed by atoms with E-state index in [9.17, 15) is 0 Å². The maximum Gasteiger partial charge on any atom is 0.119 e. The van der Waals surface area contributed by atoms with E-state index < -0.39 is 0 Å². The van der Waals surface area contributed by atoms with Crippen LogP contribution in [0.3, 0.4) is 0 Å². The van der Waals surface area contributed by atoms with Crippen LogP contribution in [-0.4, -0.2) is 25.4 Å². The molecule has 0 aromatic carbocycles. The summed E-state index contributed by atoms with van der Waals surface area (Å²) in [5.74, 6) is 0. The number of nitrogens with two attached hydrogens (primary N) is 1. The maximum atomic E-state index is 5.68. The average Bonchev–Trinajstić information content (AvgIpc) is 2.20. The first kappa shape index (κ1) is 12.9. The van der Waals surface area contributed by atoms with Crippen LogP contribution < -0.4 is 11.1 Å². The molecular weight excluding hydrogens is 164 g/mol. The summed E-state index contributed by atoms with van der Waals surface area (Å²) in [7, 11) is 0. The molecule has 0 aliphatic carbocycles. The van der Waals surface area contributed by atoms with Crippen LogP contribution in [0.25, 0.3) is 0 Å². The van der Waals surface area contributed by atoms with E-state index in [4.69, 9.17) is 10.5 Å². The van der Waals surface area contributed by atoms with Crippen molar-refractivity contribution < 1.29 is 4.74 Å². The minimum Gasteiger partial charge on any atom is -0.359 e. The van der Waals surface area contributed by atoms with Gasteiger partial charge in [0.05, 0.1) is 6.61 Å². The van der Waals surface area contributed by atoms with Gasteiger partial charge in [-0.3, -0.25) is 5.32 Å². The molecule has 0 heterocycles. The number of ether oxygens (including phenoxy) is 1. The molecular formula is C10H23N2O. The third kappa shape index (κ3) is 4.60. The van der Waals surface area contributed by atoms with E-state index in [0.717, 1.165) is 25.8 Å². The molecule has 1 atom stereocenters. The lowest BCUT2D eigenvalue weighted by atomic mass is 10.1. The van der Waals surface area contributed by atoms with E-state index in [-0.39, 0.29) is 5.72 Å². The largest absolute Gasteiger partial charge is 0.359 e. The zero-order valence-electron chi connectivity index (χ0n) is 8.94. The minimum absolute atomic E-state index is 0.255.